The second-order valence-corrected chi connectivity index (χ2v) is 12.1. The van der Waals surface area contributed by atoms with Crippen LogP contribution in [0.25, 0.3) is 0 Å². The van der Waals surface area contributed by atoms with Crippen molar-refractivity contribution in [2.24, 2.45) is 0 Å². The molecular weight excluding hydrogens is 590 g/mol. The highest BCUT2D eigenvalue weighted by Gasteiger charge is 2.49. The fraction of sp³-hybridized carbons (Fsp3) is 0.345. The van der Waals surface area contributed by atoms with Crippen LogP contribution in [0.4, 0.5) is 4.39 Å². The highest BCUT2D eigenvalue weighted by molar-refractivity contribution is 7.88. The molecule has 1 saturated carbocycles. The van der Waals surface area contributed by atoms with Gasteiger partial charge >= 0.3 is 0 Å². The summed E-state index contributed by atoms with van der Waals surface area (Å²) in [4.78, 5) is 39.2. The minimum atomic E-state index is -1.31. The average molecular weight is 620 g/mol. The number of carbonyl (C=O) groups is 2. The molecule has 2 heterocycles. The summed E-state index contributed by atoms with van der Waals surface area (Å²) in [6, 6.07) is 14.8. The minimum Gasteiger partial charge on any atom is -0.598 e. The molecule has 1 aliphatic heterocycles. The van der Waals surface area contributed by atoms with Crippen molar-refractivity contribution in [2.75, 3.05) is 6.26 Å². The van der Waals surface area contributed by atoms with Gasteiger partial charge in [0.25, 0.3) is 11.8 Å². The van der Waals surface area contributed by atoms with Gasteiger partial charge in [-0.25, -0.2) is 10.5 Å². The van der Waals surface area contributed by atoms with Crippen molar-refractivity contribution >= 4 is 46.4 Å². The second kappa shape index (κ2) is 13.1. The first kappa shape index (κ1) is 29.8. The average Bonchev–Trinajstić information content (AvgIpc) is 2.93. The molecule has 5 rings (SSSR count). The zero-order valence-electron chi connectivity index (χ0n) is 22.2. The van der Waals surface area contributed by atoms with Crippen LogP contribution in [-0.4, -0.2) is 44.6 Å². The number of nitrogens with zero attached hydrogens (tertiary/aromatic N) is 2. The number of fused-ring (bicyclic) bond motifs is 1. The van der Waals surface area contributed by atoms with Crippen LogP contribution in [0, 0.1) is 5.95 Å². The summed E-state index contributed by atoms with van der Waals surface area (Å²) in [7, 11) is 0. The lowest BCUT2D eigenvalue weighted by molar-refractivity contribution is -0.138. The first-order chi connectivity index (χ1) is 19.7. The molecule has 0 spiro atoms. The number of hydrogen-bond donors (Lipinski definition) is 2. The van der Waals surface area contributed by atoms with Gasteiger partial charge in [-0.1, -0.05) is 66.4 Å². The molecule has 0 bridgehead atoms. The fourth-order valence-corrected chi connectivity index (χ4v) is 7.06. The normalized spacial score (nSPS) is 23.1. The summed E-state index contributed by atoms with van der Waals surface area (Å²) in [5.41, 5.74) is 4.26. The molecule has 2 unspecified atom stereocenters. The Morgan fingerprint density at radius 1 is 1.12 bits per heavy atom. The van der Waals surface area contributed by atoms with E-state index in [1.165, 1.54) is 12.1 Å². The van der Waals surface area contributed by atoms with Gasteiger partial charge < -0.3 is 9.45 Å². The van der Waals surface area contributed by atoms with Crippen LogP contribution in [0.3, 0.4) is 0 Å². The Bertz CT molecular complexity index is 1430. The molecule has 2 amide bonds. The lowest BCUT2D eigenvalue weighted by Crippen LogP contribution is -2.59. The number of hydroxylamine groups is 1. The monoisotopic (exact) mass is 618 g/mol. The molecule has 2 aromatic carbocycles. The number of carbonyl (C=O) groups excluding carboxylic acids is 2. The Morgan fingerprint density at radius 2 is 1.90 bits per heavy atom. The number of benzene rings is 2. The van der Waals surface area contributed by atoms with Gasteiger partial charge in [0.05, 0.1) is 29.7 Å². The third kappa shape index (κ3) is 6.53. The number of hydrogen-bond acceptors (Lipinski definition) is 6. The van der Waals surface area contributed by atoms with Gasteiger partial charge in [0, 0.05) is 27.0 Å². The quantitative estimate of drug-likeness (QED) is 0.203. The maximum atomic E-state index is 14.3. The molecule has 8 nitrogen and oxygen atoms in total. The van der Waals surface area contributed by atoms with E-state index < -0.39 is 35.2 Å². The lowest BCUT2D eigenvalue weighted by atomic mass is 9.76. The smallest absolute Gasteiger partial charge is 0.255 e. The Balaban J connectivity index is 1.57. The molecule has 0 saturated heterocycles. The first-order valence-corrected chi connectivity index (χ1v) is 15.5. The van der Waals surface area contributed by atoms with E-state index in [0.717, 1.165) is 19.3 Å². The maximum absolute atomic E-state index is 14.3. The molecule has 216 valence electrons. The van der Waals surface area contributed by atoms with Crippen LogP contribution < -0.4 is 10.2 Å². The summed E-state index contributed by atoms with van der Waals surface area (Å²) >= 11 is 11.7. The first-order valence-electron chi connectivity index (χ1n) is 13.2. The maximum Gasteiger partial charge on any atom is 0.255 e. The predicted octanol–water partition coefficient (Wildman–Crippen LogP) is 5.25. The number of nitrogens with one attached hydrogen (secondary N) is 2. The predicted molar refractivity (Wildman–Crippen MR) is 155 cm³/mol. The van der Waals surface area contributed by atoms with Crippen molar-refractivity contribution in [3.63, 3.8) is 0 Å². The Labute approximate surface area is 250 Å². The van der Waals surface area contributed by atoms with Crippen LogP contribution in [-0.2, 0) is 27.6 Å². The number of halogens is 3. The Kier molecular flexibility index (Phi) is 9.48. The molecule has 2 N–H and O–H groups in total. The summed E-state index contributed by atoms with van der Waals surface area (Å²) < 4.78 is 28.9. The van der Waals surface area contributed by atoms with Crippen molar-refractivity contribution in [1.82, 2.24) is 20.1 Å². The number of amides is 2. The minimum absolute atomic E-state index is 0.163. The molecule has 12 heteroatoms. The molecule has 1 aliphatic carbocycles. The topological polar surface area (TPSA) is 107 Å². The van der Waals surface area contributed by atoms with E-state index >= 15 is 0 Å². The highest BCUT2D eigenvalue weighted by atomic mass is 35.5. The van der Waals surface area contributed by atoms with Crippen LogP contribution >= 0.6 is 23.2 Å². The summed E-state index contributed by atoms with van der Waals surface area (Å²) in [5.74, 6) is -2.33. The molecule has 2 aliphatic rings. The Hall–Kier alpha value is -2.73. The van der Waals surface area contributed by atoms with Gasteiger partial charge in [-0.3, -0.25) is 14.4 Å². The van der Waals surface area contributed by atoms with Crippen molar-refractivity contribution in [2.45, 2.75) is 56.3 Å². The van der Waals surface area contributed by atoms with E-state index in [-0.39, 0.29) is 24.6 Å². The third-order valence-corrected chi connectivity index (χ3v) is 8.71. The fourth-order valence-electron chi connectivity index (χ4n) is 5.84. The largest absolute Gasteiger partial charge is 0.598 e. The van der Waals surface area contributed by atoms with Crippen molar-refractivity contribution < 1.29 is 23.4 Å². The van der Waals surface area contributed by atoms with E-state index in [1.807, 2.05) is 0 Å². The Morgan fingerprint density at radius 3 is 2.66 bits per heavy atom. The third-order valence-electron chi connectivity index (χ3n) is 7.51. The van der Waals surface area contributed by atoms with Crippen molar-refractivity contribution in [1.29, 1.82) is 0 Å². The molecule has 0 radical (unpaired) electrons. The van der Waals surface area contributed by atoms with Gasteiger partial charge in [0.15, 0.2) is 0 Å². The summed E-state index contributed by atoms with van der Waals surface area (Å²) in [5, 5.41) is 0.722. The summed E-state index contributed by atoms with van der Waals surface area (Å²) in [6.45, 7) is -0.163. The van der Waals surface area contributed by atoms with E-state index in [1.54, 1.807) is 59.7 Å². The van der Waals surface area contributed by atoms with E-state index in [9.17, 15) is 18.5 Å². The molecule has 41 heavy (non-hydrogen) atoms. The zero-order valence-corrected chi connectivity index (χ0v) is 24.5. The van der Waals surface area contributed by atoms with Gasteiger partial charge in [-0.15, -0.1) is 4.72 Å². The van der Waals surface area contributed by atoms with Crippen molar-refractivity contribution in [3.05, 3.63) is 99.0 Å². The van der Waals surface area contributed by atoms with E-state index in [4.69, 9.17) is 28.0 Å². The standard InChI is InChI=1S/C29H29Cl2FN4O4S/c1-41(39)35-23-10-4-5-11-24(23)36-27(21-14-13-17(30)15-22(21)31)26(19-8-2-3-9-20(19)29(36)38)28(37)34-40-16-18-7-6-12-25(32)33-18/h2-3,6-9,12-15,23-24,26-27,35H,4-5,10-11,16H2,1H3,(H,34,37)/t23-,24?,26+,27-,41?/m0/s1. The highest BCUT2D eigenvalue weighted by Crippen LogP contribution is 2.47. The van der Waals surface area contributed by atoms with Crippen molar-refractivity contribution in [3.8, 4) is 0 Å². The number of rotatable bonds is 8. The molecular formula is C29H29Cl2FN4O4S. The van der Waals surface area contributed by atoms with Crippen LogP contribution in [0.5, 0.6) is 0 Å². The van der Waals surface area contributed by atoms with Gasteiger partial charge in [-0.2, -0.15) is 4.39 Å². The summed E-state index contributed by atoms with van der Waals surface area (Å²) in [6.07, 6.45) is 4.72. The number of pyridine rings is 1. The van der Waals surface area contributed by atoms with Gasteiger partial charge in [0.1, 0.15) is 12.9 Å². The molecule has 5 atom stereocenters. The van der Waals surface area contributed by atoms with E-state index in [0.29, 0.717) is 38.9 Å². The van der Waals surface area contributed by atoms with E-state index in [2.05, 4.69) is 15.2 Å². The molecule has 1 aromatic heterocycles. The zero-order chi connectivity index (χ0) is 29.1. The SMILES string of the molecule is C[S+]([O-])N[C@H]1CCCCC1N1C(=O)c2ccccc2[C@@H](C(=O)NOCc2cccc(F)n2)[C@@H]1c1ccc(Cl)cc1Cl. The molecule has 3 aromatic rings. The van der Waals surface area contributed by atoms with Gasteiger partial charge in [0.2, 0.25) is 5.95 Å². The lowest BCUT2D eigenvalue weighted by Gasteiger charge is -2.48. The molecule has 1 fully saturated rings. The van der Waals surface area contributed by atoms with Crippen LogP contribution in [0.15, 0.2) is 60.7 Å². The van der Waals surface area contributed by atoms with Crippen LogP contribution in [0.2, 0.25) is 10.0 Å². The second-order valence-electron chi connectivity index (χ2n) is 10.1. The van der Waals surface area contributed by atoms with Gasteiger partial charge in [-0.05, 0) is 54.3 Å². The van der Waals surface area contributed by atoms with Crippen LogP contribution in [0.1, 0.15) is 64.8 Å². The number of aromatic nitrogens is 1.